The first kappa shape index (κ1) is 18.4. The van der Waals surface area contributed by atoms with Gasteiger partial charge in [0.1, 0.15) is 0 Å². The molecule has 8 heteroatoms. The fourth-order valence-corrected chi connectivity index (χ4v) is 4.47. The summed E-state index contributed by atoms with van der Waals surface area (Å²) in [6.45, 7) is 0.621. The fraction of sp³-hybridized carbons (Fsp3) is 0.500. The number of carbonyl (C=O) groups excluding carboxylic acids is 1. The Morgan fingerprint density at radius 1 is 1.21 bits per heavy atom. The number of hydrogen-bond donors (Lipinski definition) is 3. The molecule has 1 aliphatic carbocycles. The first-order valence-corrected chi connectivity index (χ1v) is 9.27. The van der Waals surface area contributed by atoms with Gasteiger partial charge in [-0.1, -0.05) is 12.8 Å². The van der Waals surface area contributed by atoms with E-state index in [1.165, 1.54) is 24.3 Å². The average Bonchev–Trinajstić information content (AvgIpc) is 3.08. The van der Waals surface area contributed by atoms with Gasteiger partial charge in [-0.25, -0.2) is 13.2 Å². The van der Waals surface area contributed by atoms with Crippen molar-refractivity contribution in [3.05, 3.63) is 29.8 Å². The maximum Gasteiger partial charge on any atom is 0.337 e. The van der Waals surface area contributed by atoms with Gasteiger partial charge in [-0.2, -0.15) is 0 Å². The molecule has 24 heavy (non-hydrogen) atoms. The Morgan fingerprint density at radius 2 is 1.75 bits per heavy atom. The number of benzene rings is 1. The summed E-state index contributed by atoms with van der Waals surface area (Å²) in [7, 11) is -3.38. The molecule has 1 amide bonds. The second kappa shape index (κ2) is 6.90. The molecule has 0 heterocycles. The highest BCUT2D eigenvalue weighted by Gasteiger charge is 2.31. The minimum Gasteiger partial charge on any atom is -0.479 e. The second-order valence-electron chi connectivity index (χ2n) is 6.24. The van der Waals surface area contributed by atoms with Gasteiger partial charge in [0.15, 0.2) is 15.4 Å². The molecule has 1 saturated carbocycles. The van der Waals surface area contributed by atoms with Gasteiger partial charge in [-0.3, -0.25) is 4.79 Å². The highest BCUT2D eigenvalue weighted by molar-refractivity contribution is 7.92. The lowest BCUT2D eigenvalue weighted by atomic mass is 10.1. The van der Waals surface area contributed by atoms with Crippen LogP contribution in [0.25, 0.3) is 0 Å². The van der Waals surface area contributed by atoms with Gasteiger partial charge in [0, 0.05) is 5.56 Å². The van der Waals surface area contributed by atoms with Gasteiger partial charge in [0.2, 0.25) is 0 Å². The Labute approximate surface area is 140 Å². The molecular formula is C16H21NO6S. The van der Waals surface area contributed by atoms with Crippen molar-refractivity contribution in [3.8, 4) is 0 Å². The summed E-state index contributed by atoms with van der Waals surface area (Å²) in [5.41, 5.74) is -1.87. The van der Waals surface area contributed by atoms with E-state index >= 15 is 0 Å². The van der Waals surface area contributed by atoms with Crippen molar-refractivity contribution in [2.24, 2.45) is 0 Å². The van der Waals surface area contributed by atoms with E-state index in [0.29, 0.717) is 12.8 Å². The Kier molecular flexibility index (Phi) is 5.29. The van der Waals surface area contributed by atoms with Crippen LogP contribution in [0.15, 0.2) is 29.2 Å². The van der Waals surface area contributed by atoms with Gasteiger partial charge >= 0.3 is 5.97 Å². The van der Waals surface area contributed by atoms with Crippen LogP contribution in [0.3, 0.4) is 0 Å². The van der Waals surface area contributed by atoms with E-state index < -0.39 is 33.9 Å². The van der Waals surface area contributed by atoms with Crippen LogP contribution < -0.4 is 5.32 Å². The standard InChI is InChI=1S/C16H21NO6S/c1-16(21,15(19)20)10-17-14(18)11-6-8-13(9-7-11)24(22,23)12-4-2-3-5-12/h6-9,12,21H,2-5,10H2,1H3,(H,17,18)(H,19,20). The number of amides is 1. The molecule has 1 unspecified atom stereocenters. The smallest absolute Gasteiger partial charge is 0.337 e. The first-order valence-electron chi connectivity index (χ1n) is 7.72. The quantitative estimate of drug-likeness (QED) is 0.699. The molecule has 132 valence electrons. The minimum absolute atomic E-state index is 0.184. The molecule has 3 N–H and O–H groups in total. The van der Waals surface area contributed by atoms with Crippen LogP contribution >= 0.6 is 0 Å². The first-order chi connectivity index (χ1) is 11.1. The van der Waals surface area contributed by atoms with E-state index in [9.17, 15) is 23.1 Å². The van der Waals surface area contributed by atoms with E-state index in [1.54, 1.807) is 0 Å². The van der Waals surface area contributed by atoms with Crippen LogP contribution in [0, 0.1) is 0 Å². The number of sulfone groups is 1. The number of nitrogens with one attached hydrogen (secondary N) is 1. The largest absolute Gasteiger partial charge is 0.479 e. The summed E-state index contributed by atoms with van der Waals surface area (Å²) in [4.78, 5) is 22.9. The monoisotopic (exact) mass is 355 g/mol. The molecule has 1 fully saturated rings. The van der Waals surface area contributed by atoms with E-state index in [-0.39, 0.29) is 15.7 Å². The summed E-state index contributed by atoms with van der Waals surface area (Å²) in [6, 6.07) is 5.54. The lowest BCUT2D eigenvalue weighted by Gasteiger charge is -2.18. The van der Waals surface area contributed by atoms with E-state index in [4.69, 9.17) is 5.11 Å². The van der Waals surface area contributed by atoms with E-state index in [2.05, 4.69) is 5.32 Å². The third-order valence-electron chi connectivity index (χ3n) is 4.24. The number of carboxylic acids is 1. The van der Waals surface area contributed by atoms with Gasteiger partial charge in [0.05, 0.1) is 16.7 Å². The van der Waals surface area contributed by atoms with Crippen molar-refractivity contribution in [2.45, 2.75) is 48.4 Å². The summed E-state index contributed by atoms with van der Waals surface area (Å²) >= 11 is 0. The lowest BCUT2D eigenvalue weighted by molar-refractivity contribution is -0.155. The highest BCUT2D eigenvalue weighted by Crippen LogP contribution is 2.29. The molecule has 1 aliphatic rings. The van der Waals surface area contributed by atoms with Crippen LogP contribution in [0.1, 0.15) is 43.0 Å². The van der Waals surface area contributed by atoms with Crippen LogP contribution in [-0.4, -0.2) is 47.9 Å². The number of rotatable bonds is 6. The Morgan fingerprint density at radius 3 is 2.25 bits per heavy atom. The average molecular weight is 355 g/mol. The molecule has 0 bridgehead atoms. The normalized spacial score (nSPS) is 18.1. The number of aliphatic hydroxyl groups is 1. The molecule has 7 nitrogen and oxygen atoms in total. The van der Waals surface area contributed by atoms with Gasteiger partial charge in [-0.05, 0) is 44.0 Å². The maximum absolute atomic E-state index is 12.4. The molecule has 2 rings (SSSR count). The molecule has 1 aromatic carbocycles. The van der Waals surface area contributed by atoms with E-state index in [1.807, 2.05) is 0 Å². The van der Waals surface area contributed by atoms with Crippen molar-refractivity contribution >= 4 is 21.7 Å². The fourth-order valence-electron chi connectivity index (χ4n) is 2.62. The zero-order valence-electron chi connectivity index (χ0n) is 13.4. The molecule has 0 aromatic heterocycles. The van der Waals surface area contributed by atoms with Gasteiger partial charge < -0.3 is 15.5 Å². The highest BCUT2D eigenvalue weighted by atomic mass is 32.2. The lowest BCUT2D eigenvalue weighted by Crippen LogP contribution is -2.46. The van der Waals surface area contributed by atoms with Crippen molar-refractivity contribution < 1.29 is 28.2 Å². The summed E-state index contributed by atoms with van der Waals surface area (Å²) < 4.78 is 24.9. The molecular weight excluding hydrogens is 334 g/mol. The van der Waals surface area contributed by atoms with Gasteiger partial charge in [-0.15, -0.1) is 0 Å². The number of carbonyl (C=O) groups is 2. The topological polar surface area (TPSA) is 121 Å². The van der Waals surface area contributed by atoms with Crippen molar-refractivity contribution in [1.29, 1.82) is 0 Å². The predicted molar refractivity (Wildman–Crippen MR) is 86.5 cm³/mol. The number of aliphatic carboxylic acids is 1. The molecule has 1 aromatic rings. The third-order valence-corrected chi connectivity index (χ3v) is 6.52. The maximum atomic E-state index is 12.4. The Balaban J connectivity index is 2.06. The van der Waals surface area contributed by atoms with Crippen LogP contribution in [-0.2, 0) is 14.6 Å². The zero-order valence-corrected chi connectivity index (χ0v) is 14.2. The Hall–Kier alpha value is -1.93. The van der Waals surface area contributed by atoms with Crippen molar-refractivity contribution in [3.63, 3.8) is 0 Å². The minimum atomic E-state index is -3.38. The number of hydrogen-bond acceptors (Lipinski definition) is 5. The van der Waals surface area contributed by atoms with Gasteiger partial charge in [0.25, 0.3) is 5.91 Å². The predicted octanol–water partition coefficient (Wildman–Crippen LogP) is 0.968. The second-order valence-corrected chi connectivity index (χ2v) is 8.47. The molecule has 1 atom stereocenters. The third kappa shape index (κ3) is 3.93. The van der Waals surface area contributed by atoms with Crippen LogP contribution in [0.4, 0.5) is 0 Å². The van der Waals surface area contributed by atoms with Crippen molar-refractivity contribution in [2.75, 3.05) is 6.54 Å². The van der Waals surface area contributed by atoms with Crippen LogP contribution in [0.5, 0.6) is 0 Å². The molecule has 0 saturated heterocycles. The summed E-state index contributed by atoms with van der Waals surface area (Å²) in [5.74, 6) is -2.03. The van der Waals surface area contributed by atoms with E-state index in [0.717, 1.165) is 19.8 Å². The van der Waals surface area contributed by atoms with Crippen LogP contribution in [0.2, 0.25) is 0 Å². The summed E-state index contributed by atoms with van der Waals surface area (Å²) in [5, 5.41) is 20.3. The molecule has 0 aliphatic heterocycles. The molecule has 0 spiro atoms. The zero-order chi connectivity index (χ0) is 18.0. The Bertz CT molecular complexity index is 717. The van der Waals surface area contributed by atoms with Crippen molar-refractivity contribution in [1.82, 2.24) is 5.32 Å². The SMILES string of the molecule is CC(O)(CNC(=O)c1ccc(S(=O)(=O)C2CCCC2)cc1)C(=O)O. The number of carboxylic acid groups (broad SMARTS) is 1. The molecule has 0 radical (unpaired) electrons. The summed E-state index contributed by atoms with van der Waals surface area (Å²) in [6.07, 6.45) is 3.14.